The molecule has 0 spiro atoms. The van der Waals surface area contributed by atoms with Crippen LogP contribution in [0.5, 0.6) is 0 Å². The van der Waals surface area contributed by atoms with E-state index in [-0.39, 0.29) is 6.61 Å². The van der Waals surface area contributed by atoms with Crippen LogP contribution in [0.3, 0.4) is 0 Å². The molecule has 0 bridgehead atoms. The summed E-state index contributed by atoms with van der Waals surface area (Å²) in [6.45, 7) is 4.21. The molecule has 1 N–H and O–H groups in total. The molecule has 1 nitrogen and oxygen atoms in total. The van der Waals surface area contributed by atoms with Crippen molar-refractivity contribution >= 4 is 12.6 Å². The van der Waals surface area contributed by atoms with Crippen LogP contribution in [0.15, 0.2) is 0 Å². The first-order valence-corrected chi connectivity index (χ1v) is 8.68. The molecular weight excluding hydrogens is 240 g/mol. The Bertz CT molecular complexity index is 106. The van der Waals surface area contributed by atoms with Crippen LogP contribution < -0.4 is 0 Å². The second-order valence-corrected chi connectivity index (χ2v) is 5.38. The Hall–Kier alpha value is 0.310. The van der Waals surface area contributed by atoms with E-state index in [4.69, 9.17) is 5.11 Å². The zero-order valence-electron chi connectivity index (χ0n) is 12.8. The number of thiol groups is 1. The molecular formula is C16H36OS. The van der Waals surface area contributed by atoms with Gasteiger partial charge < -0.3 is 5.11 Å². The van der Waals surface area contributed by atoms with Crippen LogP contribution in [0.4, 0.5) is 0 Å². The van der Waals surface area contributed by atoms with Crippen molar-refractivity contribution in [3.05, 3.63) is 0 Å². The van der Waals surface area contributed by atoms with Crippen LogP contribution in [0.2, 0.25) is 0 Å². The lowest BCUT2D eigenvalue weighted by atomic mass is 10.1. The number of hydrogen-bond acceptors (Lipinski definition) is 2. The molecule has 0 amide bonds. The predicted octanol–water partition coefficient (Wildman–Crippen LogP) is 5.62. The van der Waals surface area contributed by atoms with E-state index in [1.165, 1.54) is 77.0 Å². The lowest BCUT2D eigenvalue weighted by Gasteiger charge is -2.01. The van der Waals surface area contributed by atoms with Gasteiger partial charge in [0, 0.05) is 6.61 Å². The third-order valence-corrected chi connectivity index (χ3v) is 3.33. The van der Waals surface area contributed by atoms with E-state index >= 15 is 0 Å². The molecule has 0 heterocycles. The van der Waals surface area contributed by atoms with Crippen LogP contribution >= 0.6 is 12.6 Å². The highest BCUT2D eigenvalue weighted by atomic mass is 32.1. The van der Waals surface area contributed by atoms with E-state index in [1.807, 2.05) is 0 Å². The molecule has 0 fully saturated rings. The Morgan fingerprint density at radius 1 is 0.611 bits per heavy atom. The van der Waals surface area contributed by atoms with E-state index in [9.17, 15) is 0 Å². The number of unbranched alkanes of at least 4 members (excludes halogenated alkanes) is 11. The molecule has 18 heavy (non-hydrogen) atoms. The number of aliphatic hydroxyl groups is 1. The number of hydrogen-bond donors (Lipinski definition) is 2. The van der Waals surface area contributed by atoms with E-state index in [2.05, 4.69) is 19.6 Å². The summed E-state index contributed by atoms with van der Waals surface area (Å²) in [5, 5.41) is 7.57. The fourth-order valence-corrected chi connectivity index (χ4v) is 2.18. The summed E-state index contributed by atoms with van der Waals surface area (Å²) >= 11 is 4.22. The van der Waals surface area contributed by atoms with E-state index in [0.717, 1.165) is 5.75 Å². The maximum Gasteiger partial charge on any atom is 0.0402 e. The molecule has 2 heteroatoms. The second-order valence-electron chi connectivity index (χ2n) is 4.93. The Morgan fingerprint density at radius 3 is 1.17 bits per heavy atom. The molecule has 112 valence electrons. The molecule has 0 saturated heterocycles. The Balaban J connectivity index is 0. The van der Waals surface area contributed by atoms with Gasteiger partial charge in [-0.25, -0.2) is 0 Å². The van der Waals surface area contributed by atoms with Crippen LogP contribution in [0, 0.1) is 0 Å². The van der Waals surface area contributed by atoms with Crippen molar-refractivity contribution in [1.82, 2.24) is 0 Å². The van der Waals surface area contributed by atoms with Gasteiger partial charge in [0.05, 0.1) is 0 Å². The molecule has 0 aliphatic heterocycles. The molecule has 0 saturated carbocycles. The van der Waals surface area contributed by atoms with Crippen molar-refractivity contribution < 1.29 is 5.11 Å². The third-order valence-electron chi connectivity index (χ3n) is 3.01. The maximum atomic E-state index is 7.57. The first-order valence-electron chi connectivity index (χ1n) is 8.05. The molecule has 0 atom stereocenters. The van der Waals surface area contributed by atoms with E-state index in [1.54, 1.807) is 6.92 Å². The number of rotatable bonds is 12. The second kappa shape index (κ2) is 22.5. The van der Waals surface area contributed by atoms with Gasteiger partial charge in [0.25, 0.3) is 0 Å². The highest BCUT2D eigenvalue weighted by Crippen LogP contribution is 2.11. The van der Waals surface area contributed by atoms with Gasteiger partial charge in [-0.1, -0.05) is 77.6 Å². The smallest absolute Gasteiger partial charge is 0.0402 e. The molecule has 0 rings (SSSR count). The monoisotopic (exact) mass is 276 g/mol. The molecule has 0 aromatic heterocycles. The van der Waals surface area contributed by atoms with E-state index in [0.29, 0.717) is 0 Å². The van der Waals surface area contributed by atoms with Gasteiger partial charge in [-0.2, -0.15) is 12.6 Å². The molecule has 0 aliphatic carbocycles. The largest absolute Gasteiger partial charge is 0.397 e. The summed E-state index contributed by atoms with van der Waals surface area (Å²) in [4.78, 5) is 0. The van der Waals surface area contributed by atoms with E-state index < -0.39 is 0 Å². The van der Waals surface area contributed by atoms with Crippen molar-refractivity contribution in [2.24, 2.45) is 0 Å². The highest BCUT2D eigenvalue weighted by molar-refractivity contribution is 7.80. The Labute approximate surface area is 121 Å². The lowest BCUT2D eigenvalue weighted by Crippen LogP contribution is -1.82. The highest BCUT2D eigenvalue weighted by Gasteiger charge is 1.92. The standard InChI is InChI=1S/C14H30S.C2H6O/c1-2-3-4-5-6-7-8-9-10-11-12-13-14-15;1-2-3/h15H,2-14H2,1H3;3H,2H2,1H3. The van der Waals surface area contributed by atoms with Crippen LogP contribution in [0.1, 0.15) is 90.9 Å². The third kappa shape index (κ3) is 25.2. The van der Waals surface area contributed by atoms with Crippen molar-refractivity contribution in [1.29, 1.82) is 0 Å². The topological polar surface area (TPSA) is 20.2 Å². The predicted molar refractivity (Wildman–Crippen MR) is 87.7 cm³/mol. The summed E-state index contributed by atoms with van der Waals surface area (Å²) in [7, 11) is 0. The molecule has 0 aromatic carbocycles. The summed E-state index contributed by atoms with van der Waals surface area (Å²) in [5.74, 6) is 1.07. The normalized spacial score (nSPS) is 10.0. The summed E-state index contributed by atoms with van der Waals surface area (Å²) < 4.78 is 0. The fourth-order valence-electron chi connectivity index (χ4n) is 1.95. The van der Waals surface area contributed by atoms with Gasteiger partial charge in [0.2, 0.25) is 0 Å². The van der Waals surface area contributed by atoms with Crippen molar-refractivity contribution in [2.75, 3.05) is 12.4 Å². The molecule has 0 aliphatic rings. The van der Waals surface area contributed by atoms with Gasteiger partial charge in [-0.3, -0.25) is 0 Å². The Morgan fingerprint density at radius 2 is 0.889 bits per heavy atom. The minimum absolute atomic E-state index is 0.250. The van der Waals surface area contributed by atoms with Crippen molar-refractivity contribution in [3.8, 4) is 0 Å². The molecule has 0 radical (unpaired) electrons. The average Bonchev–Trinajstić information content (AvgIpc) is 2.37. The zero-order chi connectivity index (χ0) is 13.9. The maximum absolute atomic E-state index is 7.57. The minimum Gasteiger partial charge on any atom is -0.397 e. The SMILES string of the molecule is CCCCCCCCCCCCCCS.CCO. The lowest BCUT2D eigenvalue weighted by molar-refractivity contribution is 0.318. The van der Waals surface area contributed by atoms with Gasteiger partial charge in [0.15, 0.2) is 0 Å². The van der Waals surface area contributed by atoms with Crippen molar-refractivity contribution in [3.63, 3.8) is 0 Å². The summed E-state index contributed by atoms with van der Waals surface area (Å²) in [6, 6.07) is 0. The van der Waals surface area contributed by atoms with Gasteiger partial charge in [-0.15, -0.1) is 0 Å². The van der Waals surface area contributed by atoms with Gasteiger partial charge in [-0.05, 0) is 19.1 Å². The first kappa shape index (κ1) is 20.6. The minimum atomic E-state index is 0.250. The fraction of sp³-hybridized carbons (Fsp3) is 1.00. The molecule has 0 aromatic rings. The summed E-state index contributed by atoms with van der Waals surface area (Å²) in [6.07, 6.45) is 17.2. The Kier molecular flexibility index (Phi) is 25.8. The number of aliphatic hydroxyl groups excluding tert-OH is 1. The zero-order valence-corrected chi connectivity index (χ0v) is 13.7. The van der Waals surface area contributed by atoms with Crippen LogP contribution in [-0.2, 0) is 0 Å². The van der Waals surface area contributed by atoms with Crippen LogP contribution in [0.25, 0.3) is 0 Å². The average molecular weight is 277 g/mol. The van der Waals surface area contributed by atoms with Crippen molar-refractivity contribution in [2.45, 2.75) is 90.9 Å². The molecule has 0 unspecified atom stereocenters. The quantitative estimate of drug-likeness (QED) is 0.350. The van der Waals surface area contributed by atoms with Crippen LogP contribution in [-0.4, -0.2) is 17.5 Å². The summed E-state index contributed by atoms with van der Waals surface area (Å²) in [5.41, 5.74) is 0. The van der Waals surface area contributed by atoms with Gasteiger partial charge in [0.1, 0.15) is 0 Å². The first-order chi connectivity index (χ1) is 8.83. The van der Waals surface area contributed by atoms with Gasteiger partial charge >= 0.3 is 0 Å².